The van der Waals surface area contributed by atoms with Crippen LogP contribution in [0.4, 0.5) is 0 Å². The molecule has 4 heteroatoms. The zero-order valence-electron chi connectivity index (χ0n) is 9.95. The highest BCUT2D eigenvalue weighted by atomic mass is 79.9. The van der Waals surface area contributed by atoms with Crippen molar-refractivity contribution in [3.05, 3.63) is 29.8 Å². The molecule has 1 aliphatic heterocycles. The van der Waals surface area contributed by atoms with E-state index in [1.54, 1.807) is 7.11 Å². The molecule has 1 aromatic carbocycles. The Morgan fingerprint density at radius 2 is 1.88 bits per heavy atom. The van der Waals surface area contributed by atoms with E-state index in [0.717, 1.165) is 29.5 Å². The van der Waals surface area contributed by atoms with Gasteiger partial charge >= 0.3 is 0 Å². The van der Waals surface area contributed by atoms with Crippen molar-refractivity contribution in [3.63, 3.8) is 0 Å². The normalized spacial score (nSPS) is 18.2. The SMILES string of the molecule is COc1ccc(C2(CCCBr)OCCO2)cc1. The fourth-order valence-electron chi connectivity index (χ4n) is 2.05. The molecule has 0 N–H and O–H groups in total. The molecule has 0 unspecified atom stereocenters. The van der Waals surface area contributed by atoms with Gasteiger partial charge in [-0.15, -0.1) is 0 Å². The first-order valence-electron chi connectivity index (χ1n) is 5.79. The Kier molecular flexibility index (Phi) is 4.42. The standard InChI is InChI=1S/C13H17BrO3/c1-15-12-5-3-11(4-6-12)13(7-2-8-14)16-9-10-17-13/h3-6H,2,7-10H2,1H3. The molecule has 1 aromatic rings. The van der Waals surface area contributed by atoms with E-state index in [1.165, 1.54) is 0 Å². The molecule has 0 aliphatic carbocycles. The maximum absolute atomic E-state index is 5.82. The molecule has 1 saturated heterocycles. The van der Waals surface area contributed by atoms with Crippen molar-refractivity contribution in [3.8, 4) is 5.75 Å². The van der Waals surface area contributed by atoms with Gasteiger partial charge in [0.15, 0.2) is 5.79 Å². The summed E-state index contributed by atoms with van der Waals surface area (Å²) in [6.07, 6.45) is 1.89. The lowest BCUT2D eigenvalue weighted by Crippen LogP contribution is -2.27. The van der Waals surface area contributed by atoms with Gasteiger partial charge in [-0.2, -0.15) is 0 Å². The van der Waals surface area contributed by atoms with Crippen LogP contribution in [0.1, 0.15) is 18.4 Å². The molecule has 17 heavy (non-hydrogen) atoms. The Morgan fingerprint density at radius 1 is 1.24 bits per heavy atom. The highest BCUT2D eigenvalue weighted by Gasteiger charge is 2.37. The van der Waals surface area contributed by atoms with E-state index in [0.29, 0.717) is 13.2 Å². The lowest BCUT2D eigenvalue weighted by molar-refractivity contribution is -0.170. The minimum atomic E-state index is -0.556. The minimum absolute atomic E-state index is 0.556. The van der Waals surface area contributed by atoms with Gasteiger partial charge in [0.05, 0.1) is 20.3 Å². The monoisotopic (exact) mass is 300 g/mol. The fraction of sp³-hybridized carbons (Fsp3) is 0.538. The summed E-state index contributed by atoms with van der Waals surface area (Å²) in [5.74, 6) is 0.294. The average molecular weight is 301 g/mol. The molecular formula is C13H17BrO3. The largest absolute Gasteiger partial charge is 0.497 e. The van der Waals surface area contributed by atoms with Gasteiger partial charge in [0.25, 0.3) is 0 Å². The fourth-order valence-corrected chi connectivity index (χ4v) is 2.33. The number of hydrogen-bond acceptors (Lipinski definition) is 3. The third kappa shape index (κ3) is 2.81. The third-order valence-corrected chi connectivity index (χ3v) is 3.48. The maximum Gasteiger partial charge on any atom is 0.195 e. The van der Waals surface area contributed by atoms with Crippen molar-refractivity contribution in [2.45, 2.75) is 18.6 Å². The van der Waals surface area contributed by atoms with E-state index in [4.69, 9.17) is 14.2 Å². The number of rotatable bonds is 5. The smallest absolute Gasteiger partial charge is 0.195 e. The van der Waals surface area contributed by atoms with Crippen molar-refractivity contribution < 1.29 is 14.2 Å². The predicted octanol–water partition coefficient (Wildman–Crippen LogP) is 3.07. The lowest BCUT2D eigenvalue weighted by Gasteiger charge is -2.27. The first-order valence-corrected chi connectivity index (χ1v) is 6.91. The maximum atomic E-state index is 5.82. The van der Waals surface area contributed by atoms with Crippen LogP contribution in [-0.2, 0) is 15.3 Å². The second-order valence-corrected chi connectivity index (χ2v) is 4.76. The Bertz CT molecular complexity index is 344. The Labute approximate surface area is 110 Å². The molecule has 0 spiro atoms. The first-order chi connectivity index (χ1) is 8.30. The molecule has 0 saturated carbocycles. The second kappa shape index (κ2) is 5.85. The van der Waals surface area contributed by atoms with Crippen LogP contribution in [0.3, 0.4) is 0 Å². The van der Waals surface area contributed by atoms with Crippen LogP contribution < -0.4 is 4.74 Å². The number of ether oxygens (including phenoxy) is 3. The molecule has 1 heterocycles. The van der Waals surface area contributed by atoms with Gasteiger partial charge in [-0.3, -0.25) is 0 Å². The summed E-state index contributed by atoms with van der Waals surface area (Å²) in [5.41, 5.74) is 1.07. The topological polar surface area (TPSA) is 27.7 Å². The number of methoxy groups -OCH3 is 1. The molecule has 0 atom stereocenters. The van der Waals surface area contributed by atoms with E-state index in [2.05, 4.69) is 15.9 Å². The minimum Gasteiger partial charge on any atom is -0.497 e. The molecule has 0 bridgehead atoms. The summed E-state index contributed by atoms with van der Waals surface area (Å²) >= 11 is 3.45. The van der Waals surface area contributed by atoms with E-state index in [-0.39, 0.29) is 0 Å². The van der Waals surface area contributed by atoms with E-state index >= 15 is 0 Å². The number of halogens is 1. The van der Waals surface area contributed by atoms with Gasteiger partial charge in [0.2, 0.25) is 0 Å². The van der Waals surface area contributed by atoms with Crippen LogP contribution >= 0.6 is 15.9 Å². The molecule has 1 fully saturated rings. The second-order valence-electron chi connectivity index (χ2n) is 3.97. The Balaban J connectivity index is 2.19. The van der Waals surface area contributed by atoms with Gasteiger partial charge in [-0.05, 0) is 30.7 Å². The first kappa shape index (κ1) is 12.9. The summed E-state index contributed by atoms with van der Waals surface area (Å²) in [4.78, 5) is 0. The molecule has 2 rings (SSSR count). The summed E-state index contributed by atoms with van der Waals surface area (Å²) in [5, 5.41) is 0.956. The molecule has 1 aliphatic rings. The van der Waals surface area contributed by atoms with E-state index in [9.17, 15) is 0 Å². The molecule has 3 nitrogen and oxygen atoms in total. The zero-order valence-corrected chi connectivity index (χ0v) is 11.5. The van der Waals surface area contributed by atoms with Crippen molar-refractivity contribution in [2.24, 2.45) is 0 Å². The Morgan fingerprint density at radius 3 is 2.41 bits per heavy atom. The Hall–Kier alpha value is -0.580. The summed E-state index contributed by atoms with van der Waals surface area (Å²) in [7, 11) is 1.66. The highest BCUT2D eigenvalue weighted by molar-refractivity contribution is 9.09. The number of benzene rings is 1. The van der Waals surface area contributed by atoms with Gasteiger partial charge in [-0.1, -0.05) is 15.9 Å². The molecule has 0 amide bonds. The van der Waals surface area contributed by atoms with Crippen LogP contribution in [0.5, 0.6) is 5.75 Å². The summed E-state index contributed by atoms with van der Waals surface area (Å²) in [6, 6.07) is 7.91. The summed E-state index contributed by atoms with van der Waals surface area (Å²) in [6.45, 7) is 1.32. The van der Waals surface area contributed by atoms with Crippen LogP contribution in [0, 0.1) is 0 Å². The van der Waals surface area contributed by atoms with Crippen LogP contribution in [-0.4, -0.2) is 25.7 Å². The molecule has 0 radical (unpaired) electrons. The van der Waals surface area contributed by atoms with Gasteiger partial charge in [0, 0.05) is 17.3 Å². The van der Waals surface area contributed by atoms with Gasteiger partial charge in [-0.25, -0.2) is 0 Å². The van der Waals surface area contributed by atoms with E-state index < -0.39 is 5.79 Å². The van der Waals surface area contributed by atoms with E-state index in [1.807, 2.05) is 24.3 Å². The lowest BCUT2D eigenvalue weighted by atomic mass is 10.0. The van der Waals surface area contributed by atoms with Gasteiger partial charge < -0.3 is 14.2 Å². The number of alkyl halides is 1. The van der Waals surface area contributed by atoms with Gasteiger partial charge in [0.1, 0.15) is 5.75 Å². The summed E-state index contributed by atoms with van der Waals surface area (Å²) < 4.78 is 16.8. The highest BCUT2D eigenvalue weighted by Crippen LogP contribution is 2.36. The molecule has 94 valence electrons. The van der Waals surface area contributed by atoms with Crippen molar-refractivity contribution in [1.29, 1.82) is 0 Å². The number of hydrogen-bond donors (Lipinski definition) is 0. The van der Waals surface area contributed by atoms with Crippen molar-refractivity contribution in [1.82, 2.24) is 0 Å². The average Bonchev–Trinajstić information content (AvgIpc) is 2.86. The van der Waals surface area contributed by atoms with Crippen LogP contribution in [0.25, 0.3) is 0 Å². The third-order valence-electron chi connectivity index (χ3n) is 2.92. The van der Waals surface area contributed by atoms with Crippen LogP contribution in [0.2, 0.25) is 0 Å². The molecular weight excluding hydrogens is 284 g/mol. The van der Waals surface area contributed by atoms with Crippen LogP contribution in [0.15, 0.2) is 24.3 Å². The zero-order chi connectivity index (χ0) is 12.1. The molecule has 0 aromatic heterocycles. The van der Waals surface area contributed by atoms with Crippen molar-refractivity contribution >= 4 is 15.9 Å². The predicted molar refractivity (Wildman–Crippen MR) is 69.6 cm³/mol. The van der Waals surface area contributed by atoms with Crippen molar-refractivity contribution in [2.75, 3.05) is 25.7 Å². The quantitative estimate of drug-likeness (QED) is 0.782.